The zero-order chi connectivity index (χ0) is 12.1. The average Bonchev–Trinajstić information content (AvgIpc) is 2.40. The lowest BCUT2D eigenvalue weighted by Gasteiger charge is -2.26. The molecule has 2 nitrogen and oxygen atoms in total. The van der Waals surface area contributed by atoms with Crippen molar-refractivity contribution in [3.8, 4) is 0 Å². The number of carbonyl (C=O) groups excluding carboxylic acids is 1. The SMILES string of the molecule is CCCc1cccc(C(=O)N2CCCCC2)c1. The third-order valence-electron chi connectivity index (χ3n) is 3.36. The van der Waals surface area contributed by atoms with Crippen LogP contribution in [-0.2, 0) is 6.42 Å². The first kappa shape index (κ1) is 12.2. The Morgan fingerprint density at radius 2 is 2.00 bits per heavy atom. The molecule has 0 unspecified atom stereocenters. The molecule has 0 atom stereocenters. The first-order chi connectivity index (χ1) is 8.31. The van der Waals surface area contributed by atoms with E-state index in [4.69, 9.17) is 0 Å². The fourth-order valence-corrected chi connectivity index (χ4v) is 2.43. The van der Waals surface area contributed by atoms with E-state index in [0.29, 0.717) is 0 Å². The first-order valence-electron chi connectivity index (χ1n) is 6.69. The summed E-state index contributed by atoms with van der Waals surface area (Å²) in [5, 5.41) is 0. The van der Waals surface area contributed by atoms with Crippen LogP contribution in [0.1, 0.15) is 48.5 Å². The lowest BCUT2D eigenvalue weighted by molar-refractivity contribution is 0.0724. The van der Waals surface area contributed by atoms with Gasteiger partial charge >= 0.3 is 0 Å². The highest BCUT2D eigenvalue weighted by Crippen LogP contribution is 2.14. The minimum atomic E-state index is 0.211. The molecule has 1 aromatic carbocycles. The van der Waals surface area contributed by atoms with Crippen LogP contribution in [0.2, 0.25) is 0 Å². The smallest absolute Gasteiger partial charge is 0.253 e. The zero-order valence-corrected chi connectivity index (χ0v) is 10.6. The molecule has 0 radical (unpaired) electrons. The topological polar surface area (TPSA) is 20.3 Å². The Balaban J connectivity index is 2.09. The molecule has 2 heteroatoms. The van der Waals surface area contributed by atoms with Crippen LogP contribution in [0.4, 0.5) is 0 Å². The number of benzene rings is 1. The highest BCUT2D eigenvalue weighted by atomic mass is 16.2. The lowest BCUT2D eigenvalue weighted by atomic mass is 10.0. The normalized spacial score (nSPS) is 15.9. The van der Waals surface area contributed by atoms with E-state index in [1.54, 1.807) is 0 Å². The van der Waals surface area contributed by atoms with Crippen molar-refractivity contribution in [2.75, 3.05) is 13.1 Å². The molecule has 0 N–H and O–H groups in total. The van der Waals surface area contributed by atoms with E-state index >= 15 is 0 Å². The van der Waals surface area contributed by atoms with E-state index in [1.165, 1.54) is 12.0 Å². The Bertz CT molecular complexity index is 380. The van der Waals surface area contributed by atoms with Crippen LogP contribution in [0.15, 0.2) is 24.3 Å². The molecule has 0 spiro atoms. The Kier molecular flexibility index (Phi) is 4.18. The van der Waals surface area contributed by atoms with Gasteiger partial charge in [-0.25, -0.2) is 0 Å². The van der Waals surface area contributed by atoms with Gasteiger partial charge in [-0.05, 0) is 43.4 Å². The van der Waals surface area contributed by atoms with E-state index < -0.39 is 0 Å². The second-order valence-electron chi connectivity index (χ2n) is 4.80. The van der Waals surface area contributed by atoms with Gasteiger partial charge in [0.05, 0.1) is 0 Å². The van der Waals surface area contributed by atoms with Crippen molar-refractivity contribution in [1.29, 1.82) is 0 Å². The highest BCUT2D eigenvalue weighted by Gasteiger charge is 2.17. The predicted molar refractivity (Wildman–Crippen MR) is 70.2 cm³/mol. The molecular weight excluding hydrogens is 210 g/mol. The molecular formula is C15H21NO. The minimum absolute atomic E-state index is 0.211. The molecule has 1 aliphatic heterocycles. The summed E-state index contributed by atoms with van der Waals surface area (Å²) in [6, 6.07) is 8.11. The van der Waals surface area contributed by atoms with Crippen molar-refractivity contribution in [2.45, 2.75) is 39.0 Å². The van der Waals surface area contributed by atoms with Crippen LogP contribution in [0.25, 0.3) is 0 Å². The summed E-state index contributed by atoms with van der Waals surface area (Å²) in [5.74, 6) is 0.211. The number of hydrogen-bond donors (Lipinski definition) is 0. The quantitative estimate of drug-likeness (QED) is 0.782. The maximum atomic E-state index is 12.3. The summed E-state index contributed by atoms with van der Waals surface area (Å²) in [6.07, 6.45) is 5.75. The van der Waals surface area contributed by atoms with E-state index in [2.05, 4.69) is 19.1 Å². The molecule has 0 bridgehead atoms. The van der Waals surface area contributed by atoms with Gasteiger partial charge in [-0.3, -0.25) is 4.79 Å². The monoisotopic (exact) mass is 231 g/mol. The molecule has 0 saturated carbocycles. The van der Waals surface area contributed by atoms with Gasteiger partial charge in [0.25, 0.3) is 5.91 Å². The summed E-state index contributed by atoms with van der Waals surface area (Å²) >= 11 is 0. The molecule has 1 aliphatic rings. The second kappa shape index (κ2) is 5.85. The molecule has 1 saturated heterocycles. The molecule has 2 rings (SSSR count). The maximum Gasteiger partial charge on any atom is 0.253 e. The summed E-state index contributed by atoms with van der Waals surface area (Å²) in [4.78, 5) is 14.3. The number of amides is 1. The van der Waals surface area contributed by atoms with Gasteiger partial charge in [-0.2, -0.15) is 0 Å². The Morgan fingerprint density at radius 3 is 2.71 bits per heavy atom. The fourth-order valence-electron chi connectivity index (χ4n) is 2.43. The third kappa shape index (κ3) is 3.09. The molecule has 1 aromatic rings. The van der Waals surface area contributed by atoms with Gasteiger partial charge in [0, 0.05) is 18.7 Å². The van der Waals surface area contributed by atoms with Gasteiger partial charge < -0.3 is 4.90 Å². The highest BCUT2D eigenvalue weighted by molar-refractivity contribution is 5.94. The Hall–Kier alpha value is -1.31. The largest absolute Gasteiger partial charge is 0.339 e. The number of rotatable bonds is 3. The van der Waals surface area contributed by atoms with Crippen molar-refractivity contribution in [1.82, 2.24) is 4.90 Å². The van der Waals surface area contributed by atoms with Crippen molar-refractivity contribution >= 4 is 5.91 Å². The molecule has 92 valence electrons. The minimum Gasteiger partial charge on any atom is -0.339 e. The molecule has 0 aromatic heterocycles. The summed E-state index contributed by atoms with van der Waals surface area (Å²) < 4.78 is 0. The van der Waals surface area contributed by atoms with Crippen LogP contribution >= 0.6 is 0 Å². The predicted octanol–water partition coefficient (Wildman–Crippen LogP) is 3.27. The number of nitrogens with zero attached hydrogens (tertiary/aromatic N) is 1. The van der Waals surface area contributed by atoms with Gasteiger partial charge in [-0.1, -0.05) is 25.5 Å². The van der Waals surface area contributed by atoms with Crippen LogP contribution in [0, 0.1) is 0 Å². The lowest BCUT2D eigenvalue weighted by Crippen LogP contribution is -2.35. The maximum absolute atomic E-state index is 12.3. The molecule has 1 fully saturated rings. The number of carbonyl (C=O) groups is 1. The Labute approximate surface area is 104 Å². The average molecular weight is 231 g/mol. The summed E-state index contributed by atoms with van der Waals surface area (Å²) in [7, 11) is 0. The van der Waals surface area contributed by atoms with E-state index in [9.17, 15) is 4.79 Å². The third-order valence-corrected chi connectivity index (χ3v) is 3.36. The van der Waals surface area contributed by atoms with E-state index in [-0.39, 0.29) is 5.91 Å². The van der Waals surface area contributed by atoms with Crippen LogP contribution in [0.5, 0.6) is 0 Å². The van der Waals surface area contributed by atoms with Crippen molar-refractivity contribution in [3.05, 3.63) is 35.4 Å². The molecule has 1 amide bonds. The number of hydrogen-bond acceptors (Lipinski definition) is 1. The standard InChI is InChI=1S/C15H21NO/c1-2-7-13-8-6-9-14(12-13)15(17)16-10-4-3-5-11-16/h6,8-9,12H,2-5,7,10-11H2,1H3. The van der Waals surface area contributed by atoms with Gasteiger partial charge in [-0.15, -0.1) is 0 Å². The van der Waals surface area contributed by atoms with Crippen molar-refractivity contribution in [3.63, 3.8) is 0 Å². The van der Waals surface area contributed by atoms with E-state index in [1.807, 2.05) is 17.0 Å². The van der Waals surface area contributed by atoms with Crippen LogP contribution in [-0.4, -0.2) is 23.9 Å². The number of aryl methyl sites for hydroxylation is 1. The first-order valence-corrected chi connectivity index (χ1v) is 6.69. The van der Waals surface area contributed by atoms with Crippen molar-refractivity contribution in [2.24, 2.45) is 0 Å². The van der Waals surface area contributed by atoms with E-state index in [0.717, 1.165) is 44.3 Å². The molecule has 0 aliphatic carbocycles. The van der Waals surface area contributed by atoms with Crippen LogP contribution in [0.3, 0.4) is 0 Å². The van der Waals surface area contributed by atoms with Gasteiger partial charge in [0.15, 0.2) is 0 Å². The zero-order valence-electron chi connectivity index (χ0n) is 10.6. The number of piperidine rings is 1. The van der Waals surface area contributed by atoms with Crippen molar-refractivity contribution < 1.29 is 4.79 Å². The molecule has 17 heavy (non-hydrogen) atoms. The number of likely N-dealkylation sites (tertiary alicyclic amines) is 1. The summed E-state index contributed by atoms with van der Waals surface area (Å²) in [5.41, 5.74) is 2.13. The van der Waals surface area contributed by atoms with Crippen LogP contribution < -0.4 is 0 Å². The van der Waals surface area contributed by atoms with Gasteiger partial charge in [0.2, 0.25) is 0 Å². The van der Waals surface area contributed by atoms with Gasteiger partial charge in [0.1, 0.15) is 0 Å². The molecule has 1 heterocycles. The second-order valence-corrected chi connectivity index (χ2v) is 4.80. The Morgan fingerprint density at radius 1 is 1.24 bits per heavy atom. The summed E-state index contributed by atoms with van der Waals surface area (Å²) in [6.45, 7) is 4.02. The fraction of sp³-hybridized carbons (Fsp3) is 0.533.